The molecule has 0 spiro atoms. The Hall–Kier alpha value is -3.38. The molecule has 6 rings (SSSR count). The first-order valence-corrected chi connectivity index (χ1v) is 14.6. The van der Waals surface area contributed by atoms with E-state index in [4.69, 9.17) is 14.7 Å². The highest BCUT2D eigenvalue weighted by Gasteiger charge is 2.33. The Morgan fingerprint density at radius 2 is 1.80 bits per heavy atom. The van der Waals surface area contributed by atoms with E-state index in [1.165, 1.54) is 4.57 Å². The number of ether oxygens (including phenoxy) is 1. The molecule has 1 saturated carbocycles. The summed E-state index contributed by atoms with van der Waals surface area (Å²) in [5.41, 5.74) is 1.03. The standard InChI is InChI=1S/C29H37F2N7O3/c30-26(31)27-33-22-3-1-2-4-23(22)38(27)25-15-24(34-29(35-25)36-11-13-41-14-12-36)32-16-20-9-10-37(17-20)28(40)21-7-5-19(18-39)6-8-21/h1-4,15,19-21,26,39H,5-14,16-18H2,(H,32,34,35)/t19?,20-,21?/m1/s1. The van der Waals surface area contributed by atoms with E-state index >= 15 is 0 Å². The van der Waals surface area contributed by atoms with E-state index in [0.29, 0.717) is 73.9 Å². The van der Waals surface area contributed by atoms with Crippen LogP contribution in [-0.2, 0) is 9.53 Å². The molecule has 0 unspecified atom stereocenters. The normalized spacial score (nSPS) is 23.5. The topological polar surface area (TPSA) is 109 Å². The average molecular weight is 570 g/mol. The number of aliphatic hydroxyl groups excluding tert-OH is 1. The second-order valence-corrected chi connectivity index (χ2v) is 11.3. The number of para-hydroxylation sites is 2. The van der Waals surface area contributed by atoms with Crippen molar-refractivity contribution in [3.63, 3.8) is 0 Å². The van der Waals surface area contributed by atoms with Crippen LogP contribution in [0.2, 0.25) is 0 Å². The van der Waals surface area contributed by atoms with E-state index < -0.39 is 6.43 Å². The van der Waals surface area contributed by atoms with Gasteiger partial charge >= 0.3 is 0 Å². The second-order valence-electron chi connectivity index (χ2n) is 11.3. The van der Waals surface area contributed by atoms with Gasteiger partial charge in [-0.2, -0.15) is 9.97 Å². The number of carbonyl (C=O) groups excluding carboxylic acids is 1. The van der Waals surface area contributed by atoms with Gasteiger partial charge in [-0.3, -0.25) is 9.36 Å². The number of hydrogen-bond donors (Lipinski definition) is 2. The number of aliphatic hydroxyl groups is 1. The Morgan fingerprint density at radius 1 is 1.02 bits per heavy atom. The smallest absolute Gasteiger partial charge is 0.296 e. The molecule has 2 N–H and O–H groups in total. The van der Waals surface area contributed by atoms with Crippen molar-refractivity contribution in [3.05, 3.63) is 36.2 Å². The Kier molecular flexibility index (Phi) is 8.29. The summed E-state index contributed by atoms with van der Waals surface area (Å²) in [6, 6.07) is 8.74. The second kappa shape index (κ2) is 12.2. The maximum atomic E-state index is 14.1. The highest BCUT2D eigenvalue weighted by atomic mass is 19.3. The molecule has 10 nitrogen and oxygen atoms in total. The fraction of sp³-hybridized carbons (Fsp3) is 0.586. The zero-order chi connectivity index (χ0) is 28.3. The number of fused-ring (bicyclic) bond motifs is 1. The molecule has 1 aliphatic carbocycles. The van der Waals surface area contributed by atoms with Crippen LogP contribution in [0.25, 0.3) is 16.9 Å². The lowest BCUT2D eigenvalue weighted by Gasteiger charge is -2.29. The van der Waals surface area contributed by atoms with Crippen molar-refractivity contribution in [2.75, 3.05) is 62.8 Å². The first kappa shape index (κ1) is 27.8. The molecule has 220 valence electrons. The third-order valence-electron chi connectivity index (χ3n) is 8.63. The molecule has 4 heterocycles. The SMILES string of the molecule is O=C(C1CCC(CO)CC1)N1CC[C@H](CNc2cc(-n3c(C(F)F)nc4ccccc43)nc(N3CCOCC3)n2)C1. The number of aromatic nitrogens is 4. The quantitative estimate of drug-likeness (QED) is 0.423. The summed E-state index contributed by atoms with van der Waals surface area (Å²) in [4.78, 5) is 30.8. The largest absolute Gasteiger partial charge is 0.396 e. The van der Waals surface area contributed by atoms with Crippen LogP contribution in [0.5, 0.6) is 0 Å². The van der Waals surface area contributed by atoms with Gasteiger partial charge in [0.15, 0.2) is 5.82 Å². The molecule has 41 heavy (non-hydrogen) atoms. The van der Waals surface area contributed by atoms with Crippen LogP contribution in [0.3, 0.4) is 0 Å². The van der Waals surface area contributed by atoms with E-state index in [1.54, 1.807) is 30.3 Å². The molecule has 2 aliphatic heterocycles. The Bertz CT molecular complexity index is 1360. The highest BCUT2D eigenvalue weighted by Crippen LogP contribution is 2.32. The van der Waals surface area contributed by atoms with Gasteiger partial charge in [-0.15, -0.1) is 0 Å². The lowest BCUT2D eigenvalue weighted by Crippen LogP contribution is -2.37. The molecule has 1 aromatic carbocycles. The predicted octanol–water partition coefficient (Wildman–Crippen LogP) is 3.65. The molecule has 0 bridgehead atoms. The number of rotatable bonds is 8. The van der Waals surface area contributed by atoms with Crippen LogP contribution < -0.4 is 10.2 Å². The van der Waals surface area contributed by atoms with E-state index in [-0.39, 0.29) is 30.2 Å². The summed E-state index contributed by atoms with van der Waals surface area (Å²) < 4.78 is 35.1. The van der Waals surface area contributed by atoms with Crippen LogP contribution in [0, 0.1) is 17.8 Å². The molecule has 12 heteroatoms. The van der Waals surface area contributed by atoms with Gasteiger partial charge in [0.25, 0.3) is 6.43 Å². The van der Waals surface area contributed by atoms with Gasteiger partial charge in [-0.1, -0.05) is 12.1 Å². The molecule has 3 aliphatic rings. The van der Waals surface area contributed by atoms with E-state index in [1.807, 2.05) is 9.80 Å². The molecule has 3 aromatic rings. The average Bonchev–Trinajstić information content (AvgIpc) is 3.65. The number of nitrogens with one attached hydrogen (secondary N) is 1. The monoisotopic (exact) mass is 569 g/mol. The third-order valence-corrected chi connectivity index (χ3v) is 8.63. The third kappa shape index (κ3) is 5.99. The molecular weight excluding hydrogens is 532 g/mol. The first-order valence-electron chi connectivity index (χ1n) is 14.6. The summed E-state index contributed by atoms with van der Waals surface area (Å²) >= 11 is 0. The van der Waals surface area contributed by atoms with Gasteiger partial charge in [0.1, 0.15) is 11.6 Å². The molecule has 3 fully saturated rings. The number of hydrogen-bond acceptors (Lipinski definition) is 8. The van der Waals surface area contributed by atoms with Crippen molar-refractivity contribution in [2.45, 2.75) is 38.5 Å². The zero-order valence-corrected chi connectivity index (χ0v) is 23.1. The van der Waals surface area contributed by atoms with E-state index in [2.05, 4.69) is 10.3 Å². The number of morpholine rings is 1. The number of benzene rings is 1. The summed E-state index contributed by atoms with van der Waals surface area (Å²) in [7, 11) is 0. The van der Waals surface area contributed by atoms with Gasteiger partial charge < -0.3 is 25.0 Å². The van der Waals surface area contributed by atoms with Crippen molar-refractivity contribution < 1.29 is 23.4 Å². The number of imidazole rings is 1. The van der Waals surface area contributed by atoms with Crippen LogP contribution in [0.1, 0.15) is 44.4 Å². The van der Waals surface area contributed by atoms with Crippen LogP contribution in [0.4, 0.5) is 20.5 Å². The summed E-state index contributed by atoms with van der Waals surface area (Å²) in [6.07, 6.45) is 1.63. The van der Waals surface area contributed by atoms with E-state index in [9.17, 15) is 18.7 Å². The summed E-state index contributed by atoms with van der Waals surface area (Å²) in [5, 5.41) is 12.8. The minimum atomic E-state index is -2.78. The fourth-order valence-corrected chi connectivity index (χ4v) is 6.26. The molecular formula is C29H37F2N7O3. The number of alkyl halides is 2. The van der Waals surface area contributed by atoms with Crippen LogP contribution in [0.15, 0.2) is 30.3 Å². The minimum absolute atomic E-state index is 0.0547. The number of likely N-dealkylation sites (tertiary alicyclic amines) is 1. The van der Waals surface area contributed by atoms with Crippen molar-refractivity contribution in [1.82, 2.24) is 24.4 Å². The molecule has 2 aromatic heterocycles. The maximum absolute atomic E-state index is 14.1. The molecule has 2 saturated heterocycles. The number of amides is 1. The van der Waals surface area contributed by atoms with Gasteiger partial charge in [0.2, 0.25) is 11.9 Å². The van der Waals surface area contributed by atoms with Crippen molar-refractivity contribution in [1.29, 1.82) is 0 Å². The highest BCUT2D eigenvalue weighted by molar-refractivity contribution is 5.79. The number of halogens is 2. The maximum Gasteiger partial charge on any atom is 0.296 e. The van der Waals surface area contributed by atoms with Crippen LogP contribution >= 0.6 is 0 Å². The first-order chi connectivity index (χ1) is 20.0. The van der Waals surface area contributed by atoms with Crippen LogP contribution in [-0.4, -0.2) is 88.0 Å². The van der Waals surface area contributed by atoms with E-state index in [0.717, 1.165) is 38.6 Å². The Labute approximate surface area is 237 Å². The number of nitrogens with zero attached hydrogens (tertiary/aromatic N) is 6. The molecule has 0 radical (unpaired) electrons. The Balaban J connectivity index is 1.20. The summed E-state index contributed by atoms with van der Waals surface area (Å²) in [5.74, 6) is 1.83. The van der Waals surface area contributed by atoms with Crippen molar-refractivity contribution in [3.8, 4) is 5.82 Å². The lowest BCUT2D eigenvalue weighted by atomic mass is 9.82. The minimum Gasteiger partial charge on any atom is -0.396 e. The van der Waals surface area contributed by atoms with Gasteiger partial charge in [0.05, 0.1) is 24.2 Å². The lowest BCUT2D eigenvalue weighted by molar-refractivity contribution is -0.136. The number of carbonyl (C=O) groups is 1. The Morgan fingerprint density at radius 3 is 2.56 bits per heavy atom. The summed E-state index contributed by atoms with van der Waals surface area (Å²) in [6.45, 7) is 4.52. The fourth-order valence-electron chi connectivity index (χ4n) is 6.26. The van der Waals surface area contributed by atoms with Gasteiger partial charge in [0, 0.05) is 51.3 Å². The molecule has 1 amide bonds. The van der Waals surface area contributed by atoms with Crippen molar-refractivity contribution in [2.24, 2.45) is 17.8 Å². The predicted molar refractivity (Wildman–Crippen MR) is 150 cm³/mol. The van der Waals surface area contributed by atoms with Crippen molar-refractivity contribution >= 4 is 28.7 Å². The zero-order valence-electron chi connectivity index (χ0n) is 23.1. The molecule has 1 atom stereocenters. The van der Waals surface area contributed by atoms with Gasteiger partial charge in [-0.05, 0) is 56.1 Å². The van der Waals surface area contributed by atoms with Gasteiger partial charge in [-0.25, -0.2) is 13.8 Å². The number of anilines is 2.